The van der Waals surface area contributed by atoms with Crippen molar-refractivity contribution in [2.45, 2.75) is 35.4 Å². The molecule has 7 rings (SSSR count). The number of phenols is 1. The van der Waals surface area contributed by atoms with Crippen molar-refractivity contribution in [1.29, 1.82) is 0 Å². The van der Waals surface area contributed by atoms with E-state index in [1.807, 2.05) is 0 Å². The van der Waals surface area contributed by atoms with E-state index in [-0.39, 0.29) is 35.5 Å². The van der Waals surface area contributed by atoms with Crippen molar-refractivity contribution in [3.05, 3.63) is 101 Å². The summed E-state index contributed by atoms with van der Waals surface area (Å²) in [7, 11) is 0. The number of rotatable bonds is 4. The lowest BCUT2D eigenvalue weighted by atomic mass is 9.56. The molecule has 3 aromatic carbocycles. The SMILES string of the molecule is Cc1cc(C2C3=CCC4C(=O)N(c5cccc(C(=O)O)c5)C(=O)C4C3CC3(Cl)C(=O)N(c4ccc(F)cc4)C(=O)C23Cl)ccc1O. The van der Waals surface area contributed by atoms with Gasteiger partial charge in [0.25, 0.3) is 11.8 Å². The molecule has 0 radical (unpaired) electrons. The Labute approximate surface area is 271 Å². The number of aromatic hydroxyl groups is 1. The first-order valence-corrected chi connectivity index (χ1v) is 15.3. The highest BCUT2D eigenvalue weighted by molar-refractivity contribution is 6.58. The Morgan fingerprint density at radius 1 is 0.891 bits per heavy atom. The number of alkyl halides is 2. The number of allylic oxidation sites excluding steroid dienone is 2. The van der Waals surface area contributed by atoms with Gasteiger partial charge in [-0.05, 0) is 85.3 Å². The van der Waals surface area contributed by atoms with Gasteiger partial charge in [0, 0.05) is 5.92 Å². The Hall–Kier alpha value is -4.54. The number of fused-ring (bicyclic) bond motifs is 4. The van der Waals surface area contributed by atoms with Crippen LogP contribution < -0.4 is 9.80 Å². The van der Waals surface area contributed by atoms with Gasteiger partial charge in [0.2, 0.25) is 11.8 Å². The topological polar surface area (TPSA) is 132 Å². The largest absolute Gasteiger partial charge is 0.508 e. The number of phenolic OH excluding ortho intramolecular Hbond substituents is 1. The van der Waals surface area contributed by atoms with Gasteiger partial charge in [0.15, 0.2) is 9.75 Å². The Bertz CT molecular complexity index is 1930. The van der Waals surface area contributed by atoms with Gasteiger partial charge in [0.05, 0.1) is 28.8 Å². The molecule has 2 aliphatic carbocycles. The molecule has 0 aromatic heterocycles. The van der Waals surface area contributed by atoms with Crippen molar-refractivity contribution in [2.75, 3.05) is 9.80 Å². The van der Waals surface area contributed by atoms with Crippen molar-refractivity contribution in [1.82, 2.24) is 0 Å². The highest BCUT2D eigenvalue weighted by Crippen LogP contribution is 2.66. The third kappa shape index (κ3) is 3.96. The number of hydrogen-bond acceptors (Lipinski definition) is 6. The molecular formula is C34H25Cl2FN2O7. The summed E-state index contributed by atoms with van der Waals surface area (Å²) in [5.74, 6) is -8.25. The van der Waals surface area contributed by atoms with Gasteiger partial charge in [-0.15, -0.1) is 23.2 Å². The van der Waals surface area contributed by atoms with Crippen LogP contribution in [0, 0.1) is 30.5 Å². The minimum Gasteiger partial charge on any atom is -0.508 e. The standard InChI is InChI=1S/C34H25Cl2FN2O7/c1-16-13-17(5-12-25(16)40)27-22-10-11-23-26(29(42)38(28(23)41)21-4-2-3-18(14-21)30(43)44)24(22)15-33(35)31(45)39(32(46)34(27,33)36)20-8-6-19(37)7-9-20/h2-10,12-14,23-24,26-27,40H,11,15H2,1H3,(H,43,44). The Morgan fingerprint density at radius 3 is 2.28 bits per heavy atom. The van der Waals surface area contributed by atoms with Crippen molar-refractivity contribution in [3.63, 3.8) is 0 Å². The monoisotopic (exact) mass is 662 g/mol. The first-order chi connectivity index (χ1) is 21.8. The molecule has 3 aromatic rings. The molecule has 46 heavy (non-hydrogen) atoms. The van der Waals surface area contributed by atoms with Crippen LogP contribution in [0.2, 0.25) is 0 Å². The molecule has 4 aliphatic rings. The van der Waals surface area contributed by atoms with E-state index < -0.39 is 68.8 Å². The third-order valence-electron chi connectivity index (χ3n) is 9.80. The minimum absolute atomic E-state index is 0.00730. The highest BCUT2D eigenvalue weighted by atomic mass is 35.5. The number of hydrogen-bond donors (Lipinski definition) is 2. The number of imide groups is 2. The fourth-order valence-corrected chi connectivity index (χ4v) is 8.60. The molecule has 12 heteroatoms. The van der Waals surface area contributed by atoms with E-state index in [0.717, 1.165) is 21.9 Å². The normalized spacial score (nSPS) is 30.2. The Morgan fingerprint density at radius 2 is 1.61 bits per heavy atom. The molecule has 3 fully saturated rings. The molecular weight excluding hydrogens is 638 g/mol. The van der Waals surface area contributed by atoms with Crippen LogP contribution in [0.15, 0.2) is 78.4 Å². The highest BCUT2D eigenvalue weighted by Gasteiger charge is 2.76. The Balaban J connectivity index is 1.39. The molecule has 2 aliphatic heterocycles. The van der Waals surface area contributed by atoms with Gasteiger partial charge >= 0.3 is 5.97 Å². The van der Waals surface area contributed by atoms with Crippen LogP contribution in [0.4, 0.5) is 15.8 Å². The molecule has 1 saturated carbocycles. The van der Waals surface area contributed by atoms with Gasteiger partial charge in [-0.25, -0.2) is 14.1 Å². The third-order valence-corrected chi connectivity index (χ3v) is 11.2. The molecule has 0 bridgehead atoms. The molecule has 0 spiro atoms. The summed E-state index contributed by atoms with van der Waals surface area (Å²) in [4.78, 5) is 65.9. The first kappa shape index (κ1) is 30.1. The lowest BCUT2D eigenvalue weighted by molar-refractivity contribution is -0.125. The minimum atomic E-state index is -2.10. The fraction of sp³-hybridized carbons (Fsp3) is 0.265. The summed E-state index contributed by atoms with van der Waals surface area (Å²) >= 11 is 14.7. The maximum Gasteiger partial charge on any atom is 0.335 e. The van der Waals surface area contributed by atoms with Crippen LogP contribution in [-0.2, 0) is 19.2 Å². The number of carbonyl (C=O) groups is 5. The number of halogens is 3. The summed E-state index contributed by atoms with van der Waals surface area (Å²) < 4.78 is 13.8. The van der Waals surface area contributed by atoms with Gasteiger partial charge in [-0.3, -0.25) is 24.1 Å². The van der Waals surface area contributed by atoms with E-state index >= 15 is 0 Å². The second kappa shape index (κ2) is 10.2. The van der Waals surface area contributed by atoms with Crippen molar-refractivity contribution < 1.29 is 38.6 Å². The van der Waals surface area contributed by atoms with Crippen LogP contribution in [0.5, 0.6) is 5.75 Å². The molecule has 6 atom stereocenters. The maximum atomic E-state index is 14.4. The number of aryl methyl sites for hydroxylation is 1. The zero-order chi connectivity index (χ0) is 32.9. The van der Waals surface area contributed by atoms with Crippen LogP contribution in [0.3, 0.4) is 0 Å². The van der Waals surface area contributed by atoms with Crippen LogP contribution >= 0.6 is 23.2 Å². The number of carboxylic acids is 1. The zero-order valence-electron chi connectivity index (χ0n) is 24.1. The second-order valence-corrected chi connectivity index (χ2v) is 13.4. The van der Waals surface area contributed by atoms with Gasteiger partial charge in [0.1, 0.15) is 11.6 Å². The molecule has 4 amide bonds. The van der Waals surface area contributed by atoms with Crippen LogP contribution in [0.25, 0.3) is 0 Å². The van der Waals surface area contributed by atoms with E-state index in [1.165, 1.54) is 42.5 Å². The van der Waals surface area contributed by atoms with Gasteiger partial charge in [-0.2, -0.15) is 0 Å². The predicted octanol–water partition coefficient (Wildman–Crippen LogP) is 5.31. The summed E-state index contributed by atoms with van der Waals surface area (Å²) in [6.45, 7) is 1.66. The number of aromatic carboxylic acids is 1. The summed E-state index contributed by atoms with van der Waals surface area (Å²) in [5.41, 5.74) is 1.57. The summed E-state index contributed by atoms with van der Waals surface area (Å²) in [6.07, 6.45) is 1.64. The number of nitrogens with zero attached hydrogens (tertiary/aromatic N) is 2. The Kier molecular flexibility index (Phi) is 6.70. The molecule has 2 heterocycles. The average Bonchev–Trinajstić information content (AvgIpc) is 3.37. The maximum absolute atomic E-state index is 14.4. The molecule has 2 saturated heterocycles. The van der Waals surface area contributed by atoms with E-state index in [2.05, 4.69) is 0 Å². The zero-order valence-corrected chi connectivity index (χ0v) is 25.6. The number of amides is 4. The van der Waals surface area contributed by atoms with Crippen molar-refractivity contribution in [3.8, 4) is 5.75 Å². The molecule has 6 unspecified atom stereocenters. The first-order valence-electron chi connectivity index (χ1n) is 14.5. The van der Waals surface area contributed by atoms with Crippen LogP contribution in [-0.4, -0.2) is 49.6 Å². The predicted molar refractivity (Wildman–Crippen MR) is 165 cm³/mol. The fourth-order valence-electron chi connectivity index (χ4n) is 7.66. The second-order valence-electron chi connectivity index (χ2n) is 12.2. The van der Waals surface area contributed by atoms with Crippen LogP contribution in [0.1, 0.15) is 40.2 Å². The van der Waals surface area contributed by atoms with Crippen molar-refractivity contribution in [2.24, 2.45) is 17.8 Å². The summed E-state index contributed by atoms with van der Waals surface area (Å²) in [5, 5.41) is 19.8. The smallest absolute Gasteiger partial charge is 0.335 e. The quantitative estimate of drug-likeness (QED) is 0.220. The molecule has 234 valence electrons. The lowest BCUT2D eigenvalue weighted by Crippen LogP contribution is -2.60. The molecule has 2 N–H and O–H groups in total. The number of carboxylic acid groups (broad SMARTS) is 1. The average molecular weight is 663 g/mol. The van der Waals surface area contributed by atoms with Gasteiger partial charge in [-0.1, -0.05) is 29.8 Å². The molecule has 9 nitrogen and oxygen atoms in total. The number of carbonyl (C=O) groups excluding carboxylic acids is 4. The lowest BCUT2D eigenvalue weighted by Gasteiger charge is -2.50. The number of benzene rings is 3. The van der Waals surface area contributed by atoms with Crippen molar-refractivity contribution >= 4 is 64.2 Å². The van der Waals surface area contributed by atoms with E-state index in [9.17, 15) is 38.6 Å². The van der Waals surface area contributed by atoms with E-state index in [4.69, 9.17) is 23.2 Å². The van der Waals surface area contributed by atoms with E-state index in [0.29, 0.717) is 16.7 Å². The van der Waals surface area contributed by atoms with E-state index in [1.54, 1.807) is 25.1 Å². The summed E-state index contributed by atoms with van der Waals surface area (Å²) in [6, 6.07) is 14.9. The number of anilines is 2. The van der Waals surface area contributed by atoms with Gasteiger partial charge < -0.3 is 10.2 Å².